The molecule has 2 aliphatic rings. The largest absolute Gasteiger partial charge is 0.374 e. The van der Waals surface area contributed by atoms with E-state index in [2.05, 4.69) is 26.2 Å². The van der Waals surface area contributed by atoms with Gasteiger partial charge in [0.25, 0.3) is 0 Å². The summed E-state index contributed by atoms with van der Waals surface area (Å²) in [5.74, 6) is 0. The average molecular weight is 197 g/mol. The topological polar surface area (TPSA) is 21.3 Å². The lowest BCUT2D eigenvalue weighted by Crippen LogP contribution is -2.62. The van der Waals surface area contributed by atoms with E-state index in [1.54, 1.807) is 0 Å². The number of hydrogen-bond donors (Lipinski definition) is 1. The zero-order valence-electron chi connectivity index (χ0n) is 9.68. The molecule has 2 fully saturated rings. The van der Waals surface area contributed by atoms with Gasteiger partial charge in [-0.1, -0.05) is 13.8 Å². The molecule has 0 saturated heterocycles. The van der Waals surface area contributed by atoms with Crippen molar-refractivity contribution in [2.45, 2.75) is 64.2 Å². The Morgan fingerprint density at radius 3 is 2.57 bits per heavy atom. The molecule has 0 aromatic heterocycles. The molecular weight excluding hydrogens is 174 g/mol. The minimum atomic E-state index is 0.379. The second-order valence-corrected chi connectivity index (χ2v) is 5.11. The fourth-order valence-corrected chi connectivity index (χ4v) is 2.69. The molecule has 2 saturated carbocycles. The summed E-state index contributed by atoms with van der Waals surface area (Å²) in [6.45, 7) is 4.64. The van der Waals surface area contributed by atoms with Gasteiger partial charge in [0.15, 0.2) is 0 Å². The van der Waals surface area contributed by atoms with Gasteiger partial charge in [-0.25, -0.2) is 0 Å². The first-order valence-electron chi connectivity index (χ1n) is 6.03. The zero-order chi connectivity index (χ0) is 10.2. The molecule has 2 rings (SSSR count). The fraction of sp³-hybridized carbons (Fsp3) is 1.00. The highest BCUT2D eigenvalue weighted by atomic mass is 16.5. The highest BCUT2D eigenvalue weighted by Gasteiger charge is 2.51. The molecule has 0 radical (unpaired) electrons. The Balaban J connectivity index is 1.87. The Hall–Kier alpha value is -0.0800. The Morgan fingerprint density at radius 1 is 1.43 bits per heavy atom. The molecule has 2 aliphatic carbocycles. The van der Waals surface area contributed by atoms with Gasteiger partial charge in [0.2, 0.25) is 0 Å². The van der Waals surface area contributed by atoms with Gasteiger partial charge in [0, 0.05) is 11.5 Å². The summed E-state index contributed by atoms with van der Waals surface area (Å²) >= 11 is 0. The van der Waals surface area contributed by atoms with Crippen LogP contribution < -0.4 is 5.32 Å². The number of rotatable bonds is 4. The van der Waals surface area contributed by atoms with Crippen molar-refractivity contribution in [3.05, 3.63) is 0 Å². The maximum absolute atomic E-state index is 6.12. The predicted molar refractivity (Wildman–Crippen MR) is 58.4 cm³/mol. The van der Waals surface area contributed by atoms with Crippen molar-refractivity contribution in [2.24, 2.45) is 5.41 Å². The van der Waals surface area contributed by atoms with Crippen molar-refractivity contribution in [3.63, 3.8) is 0 Å². The van der Waals surface area contributed by atoms with Gasteiger partial charge in [-0.15, -0.1) is 0 Å². The second kappa shape index (κ2) is 3.82. The van der Waals surface area contributed by atoms with Crippen LogP contribution in [0.2, 0.25) is 0 Å². The maximum atomic E-state index is 6.12. The van der Waals surface area contributed by atoms with Crippen LogP contribution in [0.4, 0.5) is 0 Å². The molecule has 2 heteroatoms. The molecule has 0 bridgehead atoms. The zero-order valence-corrected chi connectivity index (χ0v) is 9.68. The van der Waals surface area contributed by atoms with E-state index in [0.717, 1.165) is 0 Å². The third-order valence-corrected chi connectivity index (χ3v) is 4.50. The minimum absolute atomic E-state index is 0.379. The van der Waals surface area contributed by atoms with Crippen molar-refractivity contribution >= 4 is 0 Å². The van der Waals surface area contributed by atoms with Crippen LogP contribution in [0.1, 0.15) is 46.0 Å². The van der Waals surface area contributed by atoms with Gasteiger partial charge >= 0.3 is 0 Å². The molecule has 0 spiro atoms. The molecule has 3 atom stereocenters. The van der Waals surface area contributed by atoms with Crippen LogP contribution in [0.3, 0.4) is 0 Å². The third kappa shape index (κ3) is 1.49. The summed E-state index contributed by atoms with van der Waals surface area (Å²) < 4.78 is 6.12. The van der Waals surface area contributed by atoms with Crippen LogP contribution in [-0.4, -0.2) is 25.3 Å². The van der Waals surface area contributed by atoms with Crippen molar-refractivity contribution in [1.29, 1.82) is 0 Å². The highest BCUT2D eigenvalue weighted by molar-refractivity contribution is 5.04. The first-order chi connectivity index (χ1) is 6.70. The van der Waals surface area contributed by atoms with E-state index in [0.29, 0.717) is 23.7 Å². The van der Waals surface area contributed by atoms with Gasteiger partial charge in [0.1, 0.15) is 0 Å². The van der Waals surface area contributed by atoms with E-state index >= 15 is 0 Å². The summed E-state index contributed by atoms with van der Waals surface area (Å²) in [4.78, 5) is 0. The SMILES string of the molecule is CCC1(C)C(NC)CC1OC1CCC1. The van der Waals surface area contributed by atoms with Crippen molar-refractivity contribution in [1.82, 2.24) is 5.32 Å². The minimum Gasteiger partial charge on any atom is -0.374 e. The van der Waals surface area contributed by atoms with Gasteiger partial charge in [-0.3, -0.25) is 0 Å². The first-order valence-corrected chi connectivity index (χ1v) is 6.03. The van der Waals surface area contributed by atoms with E-state index in [1.807, 2.05) is 0 Å². The summed E-state index contributed by atoms with van der Waals surface area (Å²) in [5, 5.41) is 3.40. The predicted octanol–water partition coefficient (Wildman–Crippen LogP) is 2.33. The van der Waals surface area contributed by atoms with Crippen LogP contribution >= 0.6 is 0 Å². The van der Waals surface area contributed by atoms with Crippen LogP contribution in [0.25, 0.3) is 0 Å². The first kappa shape index (κ1) is 10.4. The molecule has 0 aromatic carbocycles. The van der Waals surface area contributed by atoms with Crippen molar-refractivity contribution < 1.29 is 4.74 Å². The maximum Gasteiger partial charge on any atom is 0.0662 e. The Labute approximate surface area is 87.4 Å². The van der Waals surface area contributed by atoms with Crippen molar-refractivity contribution in [3.8, 4) is 0 Å². The summed E-state index contributed by atoms with van der Waals surface area (Å²) in [7, 11) is 2.07. The van der Waals surface area contributed by atoms with Gasteiger partial charge in [0.05, 0.1) is 12.2 Å². The standard InChI is InChI=1S/C12H23NO/c1-4-12(2)10(13-3)8-11(12)14-9-6-5-7-9/h9-11,13H,4-8H2,1-3H3. The smallest absolute Gasteiger partial charge is 0.0662 e. The van der Waals surface area contributed by atoms with Crippen LogP contribution in [0, 0.1) is 5.41 Å². The summed E-state index contributed by atoms with van der Waals surface area (Å²) in [5.41, 5.74) is 0.379. The van der Waals surface area contributed by atoms with E-state index in [4.69, 9.17) is 4.74 Å². The van der Waals surface area contributed by atoms with Gasteiger partial charge in [-0.2, -0.15) is 0 Å². The third-order valence-electron chi connectivity index (χ3n) is 4.50. The fourth-order valence-electron chi connectivity index (χ4n) is 2.69. The number of nitrogens with one attached hydrogen (secondary N) is 1. The van der Waals surface area contributed by atoms with E-state index in [-0.39, 0.29) is 0 Å². The number of ether oxygens (including phenoxy) is 1. The summed E-state index contributed by atoms with van der Waals surface area (Å²) in [6, 6.07) is 0.664. The van der Waals surface area contributed by atoms with Crippen LogP contribution in [0.15, 0.2) is 0 Å². The summed E-state index contributed by atoms with van der Waals surface area (Å²) in [6.07, 6.45) is 7.48. The molecule has 0 heterocycles. The normalized spacial score (nSPS) is 43.1. The lowest BCUT2D eigenvalue weighted by Gasteiger charge is -2.55. The molecule has 82 valence electrons. The van der Waals surface area contributed by atoms with E-state index in [1.165, 1.54) is 32.1 Å². The monoisotopic (exact) mass is 197 g/mol. The van der Waals surface area contributed by atoms with Crippen LogP contribution in [-0.2, 0) is 4.74 Å². The van der Waals surface area contributed by atoms with E-state index in [9.17, 15) is 0 Å². The second-order valence-electron chi connectivity index (χ2n) is 5.11. The Morgan fingerprint density at radius 2 is 2.14 bits per heavy atom. The van der Waals surface area contributed by atoms with Crippen LogP contribution in [0.5, 0.6) is 0 Å². The average Bonchev–Trinajstić information content (AvgIpc) is 2.12. The van der Waals surface area contributed by atoms with Gasteiger partial charge in [-0.05, 0) is 39.2 Å². The molecule has 1 N–H and O–H groups in total. The van der Waals surface area contributed by atoms with E-state index < -0.39 is 0 Å². The Kier molecular flexibility index (Phi) is 2.85. The molecule has 14 heavy (non-hydrogen) atoms. The molecule has 0 amide bonds. The van der Waals surface area contributed by atoms with Crippen molar-refractivity contribution in [2.75, 3.05) is 7.05 Å². The Bertz CT molecular complexity index is 202. The quantitative estimate of drug-likeness (QED) is 0.747. The highest BCUT2D eigenvalue weighted by Crippen LogP contribution is 2.47. The number of hydrogen-bond acceptors (Lipinski definition) is 2. The molecular formula is C12H23NO. The van der Waals surface area contributed by atoms with Gasteiger partial charge < -0.3 is 10.1 Å². The lowest BCUT2D eigenvalue weighted by atomic mass is 9.61. The molecule has 3 unspecified atom stereocenters. The molecule has 0 aliphatic heterocycles. The molecule has 0 aromatic rings. The lowest BCUT2D eigenvalue weighted by molar-refractivity contribution is -0.171. The molecule has 2 nitrogen and oxygen atoms in total.